The van der Waals surface area contributed by atoms with Crippen molar-refractivity contribution in [2.45, 2.75) is 64.5 Å². The molecular formula is C14H23NO3. The fourth-order valence-electron chi connectivity index (χ4n) is 2.98. The van der Waals surface area contributed by atoms with Crippen LogP contribution in [0.5, 0.6) is 0 Å². The molecule has 2 fully saturated rings. The van der Waals surface area contributed by atoms with E-state index in [1.807, 2.05) is 20.8 Å². The van der Waals surface area contributed by atoms with Crippen LogP contribution in [0.3, 0.4) is 0 Å². The lowest BCUT2D eigenvalue weighted by atomic mass is 9.78. The van der Waals surface area contributed by atoms with Crippen molar-refractivity contribution < 1.29 is 14.3 Å². The Balaban J connectivity index is 2.06. The summed E-state index contributed by atoms with van der Waals surface area (Å²) in [7, 11) is 0. The van der Waals surface area contributed by atoms with Crippen molar-refractivity contribution in [3.05, 3.63) is 0 Å². The fraction of sp³-hybridized carbons (Fsp3) is 0.857. The lowest BCUT2D eigenvalue weighted by Crippen LogP contribution is -2.52. The van der Waals surface area contributed by atoms with Gasteiger partial charge in [0.15, 0.2) is 0 Å². The van der Waals surface area contributed by atoms with Crippen molar-refractivity contribution in [1.82, 2.24) is 4.90 Å². The Kier molecular flexibility index (Phi) is 3.64. The van der Waals surface area contributed by atoms with Crippen molar-refractivity contribution in [3.63, 3.8) is 0 Å². The number of ether oxygens (including phenoxy) is 1. The minimum Gasteiger partial charge on any atom is -0.444 e. The van der Waals surface area contributed by atoms with Gasteiger partial charge in [0.2, 0.25) is 0 Å². The number of nitrogens with zero attached hydrogens (tertiary/aromatic N) is 1. The number of hydrogen-bond donors (Lipinski definition) is 0. The molecule has 1 aliphatic carbocycles. The molecule has 1 heterocycles. The maximum absolute atomic E-state index is 12.2. The summed E-state index contributed by atoms with van der Waals surface area (Å²) in [6.45, 7) is 6.35. The summed E-state index contributed by atoms with van der Waals surface area (Å²) < 4.78 is 5.44. The van der Waals surface area contributed by atoms with Crippen molar-refractivity contribution in [2.75, 3.05) is 6.54 Å². The number of ketones is 1. The molecule has 0 N–H and O–H groups in total. The van der Waals surface area contributed by atoms with Crippen LogP contribution < -0.4 is 0 Å². The molecule has 0 aromatic rings. The predicted octanol–water partition coefficient (Wildman–Crippen LogP) is 2.76. The fourth-order valence-corrected chi connectivity index (χ4v) is 2.98. The van der Waals surface area contributed by atoms with Crippen LogP contribution in [-0.4, -0.2) is 35.0 Å². The van der Waals surface area contributed by atoms with E-state index < -0.39 is 5.60 Å². The number of fused-ring (bicyclic) bond motifs is 1. The number of rotatable bonds is 0. The number of carbonyl (C=O) groups is 2. The van der Waals surface area contributed by atoms with Crippen molar-refractivity contribution in [2.24, 2.45) is 5.92 Å². The van der Waals surface area contributed by atoms with Gasteiger partial charge in [-0.15, -0.1) is 0 Å². The van der Waals surface area contributed by atoms with Crippen LogP contribution in [0.4, 0.5) is 4.79 Å². The van der Waals surface area contributed by atoms with E-state index in [2.05, 4.69) is 0 Å². The molecule has 0 radical (unpaired) electrons. The number of piperidine rings is 1. The summed E-state index contributed by atoms with van der Waals surface area (Å²) in [5, 5.41) is 0. The molecule has 18 heavy (non-hydrogen) atoms. The topological polar surface area (TPSA) is 46.6 Å². The molecule has 1 aliphatic heterocycles. The first-order chi connectivity index (χ1) is 8.37. The first-order valence-electron chi connectivity index (χ1n) is 6.88. The Morgan fingerprint density at radius 3 is 2.72 bits per heavy atom. The summed E-state index contributed by atoms with van der Waals surface area (Å²) in [6, 6.07) is 0.0786. The van der Waals surface area contributed by atoms with Crippen molar-refractivity contribution in [1.29, 1.82) is 0 Å². The zero-order valence-corrected chi connectivity index (χ0v) is 11.6. The third-order valence-corrected chi connectivity index (χ3v) is 3.78. The van der Waals surface area contributed by atoms with Crippen LogP contribution in [0.25, 0.3) is 0 Å². The Morgan fingerprint density at radius 2 is 2.06 bits per heavy atom. The summed E-state index contributed by atoms with van der Waals surface area (Å²) in [5.41, 5.74) is -0.470. The number of Topliss-reactive ketones (excluding diaryl/α,β-unsaturated/α-hetero) is 1. The first-order valence-corrected chi connectivity index (χ1v) is 6.88. The second-order valence-electron chi connectivity index (χ2n) is 6.42. The van der Waals surface area contributed by atoms with E-state index in [-0.39, 0.29) is 17.9 Å². The second-order valence-corrected chi connectivity index (χ2v) is 6.42. The molecule has 0 spiro atoms. The monoisotopic (exact) mass is 253 g/mol. The third kappa shape index (κ3) is 3.03. The highest BCUT2D eigenvalue weighted by molar-refractivity contribution is 5.81. The Labute approximate surface area is 109 Å². The highest BCUT2D eigenvalue weighted by Gasteiger charge is 2.39. The van der Waals surface area contributed by atoms with Gasteiger partial charge in [0.25, 0.3) is 0 Å². The van der Waals surface area contributed by atoms with Gasteiger partial charge in [-0.05, 0) is 46.0 Å². The molecule has 2 aliphatic rings. The molecule has 0 aromatic heterocycles. The molecule has 2 atom stereocenters. The Hall–Kier alpha value is -1.06. The highest BCUT2D eigenvalue weighted by Crippen LogP contribution is 2.34. The van der Waals surface area contributed by atoms with E-state index in [0.717, 1.165) is 25.8 Å². The largest absolute Gasteiger partial charge is 0.444 e. The lowest BCUT2D eigenvalue weighted by molar-refractivity contribution is -0.124. The normalized spacial score (nSPS) is 28.8. The molecule has 4 nitrogen and oxygen atoms in total. The zero-order chi connectivity index (χ0) is 13.3. The van der Waals surface area contributed by atoms with Crippen molar-refractivity contribution in [3.8, 4) is 0 Å². The molecular weight excluding hydrogens is 230 g/mol. The number of amides is 1. The number of carbonyl (C=O) groups excluding carboxylic acids is 2. The van der Waals surface area contributed by atoms with E-state index >= 15 is 0 Å². The Bertz CT molecular complexity index is 345. The van der Waals surface area contributed by atoms with E-state index in [4.69, 9.17) is 4.74 Å². The second kappa shape index (κ2) is 4.90. The maximum atomic E-state index is 12.2. The summed E-state index contributed by atoms with van der Waals surface area (Å²) >= 11 is 0. The molecule has 1 amide bonds. The van der Waals surface area contributed by atoms with E-state index in [1.165, 1.54) is 0 Å². The molecule has 1 saturated carbocycles. The van der Waals surface area contributed by atoms with Gasteiger partial charge in [0.1, 0.15) is 11.4 Å². The van der Waals surface area contributed by atoms with Crippen LogP contribution in [0, 0.1) is 5.92 Å². The van der Waals surface area contributed by atoms with Crippen LogP contribution in [0.2, 0.25) is 0 Å². The van der Waals surface area contributed by atoms with Crippen LogP contribution >= 0.6 is 0 Å². The van der Waals surface area contributed by atoms with E-state index in [9.17, 15) is 9.59 Å². The van der Waals surface area contributed by atoms with Crippen molar-refractivity contribution >= 4 is 11.9 Å². The number of likely N-dealkylation sites (tertiary alicyclic amines) is 1. The third-order valence-electron chi connectivity index (χ3n) is 3.78. The summed E-state index contributed by atoms with van der Waals surface area (Å²) in [4.78, 5) is 25.5. The van der Waals surface area contributed by atoms with Gasteiger partial charge >= 0.3 is 6.09 Å². The van der Waals surface area contributed by atoms with Crippen LogP contribution in [-0.2, 0) is 9.53 Å². The molecule has 102 valence electrons. The highest BCUT2D eigenvalue weighted by atomic mass is 16.6. The van der Waals surface area contributed by atoms with Gasteiger partial charge in [0, 0.05) is 25.4 Å². The van der Waals surface area contributed by atoms with Gasteiger partial charge in [-0.3, -0.25) is 4.79 Å². The van der Waals surface area contributed by atoms with E-state index in [0.29, 0.717) is 18.8 Å². The van der Waals surface area contributed by atoms with Crippen LogP contribution in [0.15, 0.2) is 0 Å². The summed E-state index contributed by atoms with van der Waals surface area (Å²) in [5.74, 6) is 0.774. The molecule has 1 unspecified atom stereocenters. The van der Waals surface area contributed by atoms with Gasteiger partial charge in [-0.25, -0.2) is 4.79 Å². The van der Waals surface area contributed by atoms with Gasteiger partial charge < -0.3 is 9.64 Å². The SMILES string of the molecule is CC(C)(C)OC(=O)N1CCCC2CCC(=O)C[C@H]21. The lowest BCUT2D eigenvalue weighted by Gasteiger charge is -2.43. The average molecular weight is 253 g/mol. The maximum Gasteiger partial charge on any atom is 0.410 e. The number of hydrogen-bond acceptors (Lipinski definition) is 3. The predicted molar refractivity (Wildman–Crippen MR) is 68.3 cm³/mol. The minimum atomic E-state index is -0.470. The molecule has 0 bridgehead atoms. The van der Waals surface area contributed by atoms with E-state index in [1.54, 1.807) is 4.90 Å². The van der Waals surface area contributed by atoms with Crippen LogP contribution in [0.1, 0.15) is 52.9 Å². The standard InChI is InChI=1S/C14H23NO3/c1-14(2,3)18-13(17)15-8-4-5-10-6-7-11(16)9-12(10)15/h10,12H,4-9H2,1-3H3/t10?,12-/m1/s1. The van der Waals surface area contributed by atoms with Gasteiger partial charge in [-0.1, -0.05) is 0 Å². The molecule has 4 heteroatoms. The quantitative estimate of drug-likeness (QED) is 0.667. The average Bonchev–Trinajstić information content (AvgIpc) is 2.25. The molecule has 2 rings (SSSR count). The summed E-state index contributed by atoms with van der Waals surface area (Å²) in [6.07, 6.45) is 4.04. The van der Waals surface area contributed by atoms with Gasteiger partial charge in [0.05, 0.1) is 0 Å². The zero-order valence-electron chi connectivity index (χ0n) is 11.6. The molecule has 0 aromatic carbocycles. The Morgan fingerprint density at radius 1 is 1.33 bits per heavy atom. The minimum absolute atomic E-state index is 0.0786. The first kappa shape index (κ1) is 13.4. The van der Waals surface area contributed by atoms with Gasteiger partial charge in [-0.2, -0.15) is 0 Å². The smallest absolute Gasteiger partial charge is 0.410 e. The molecule has 1 saturated heterocycles.